The van der Waals surface area contributed by atoms with E-state index in [1.165, 1.54) is 4.90 Å². The molecule has 0 bridgehead atoms. The summed E-state index contributed by atoms with van der Waals surface area (Å²) >= 11 is 5.31. The molecule has 7 heteroatoms. The predicted molar refractivity (Wildman–Crippen MR) is 75.0 cm³/mol. The molecule has 0 aromatic heterocycles. The maximum atomic E-state index is 12.3. The molecule has 1 aliphatic heterocycles. The van der Waals surface area contributed by atoms with Crippen molar-refractivity contribution in [1.29, 1.82) is 0 Å². The first kappa shape index (κ1) is 15.3. The second-order valence-electron chi connectivity index (χ2n) is 4.37. The first-order chi connectivity index (χ1) is 10.1. The van der Waals surface area contributed by atoms with Crippen LogP contribution in [-0.4, -0.2) is 43.0 Å². The summed E-state index contributed by atoms with van der Waals surface area (Å²) in [7, 11) is 0. The Bertz CT molecular complexity index is 533. The van der Waals surface area contributed by atoms with Gasteiger partial charge in [0.05, 0.1) is 6.61 Å². The van der Waals surface area contributed by atoms with Crippen molar-refractivity contribution in [2.24, 2.45) is 0 Å². The molecule has 1 heterocycles. The van der Waals surface area contributed by atoms with Gasteiger partial charge in [0.15, 0.2) is 6.61 Å². The van der Waals surface area contributed by atoms with Crippen LogP contribution in [0.25, 0.3) is 0 Å². The number of para-hydroxylation sites is 1. The molecule has 0 N–H and O–H groups in total. The minimum absolute atomic E-state index is 0.265. The summed E-state index contributed by atoms with van der Waals surface area (Å²) in [5, 5.41) is 0. The quantitative estimate of drug-likeness (QED) is 0.602. The number of ether oxygens (including phenoxy) is 2. The Morgan fingerprint density at radius 1 is 1.33 bits per heavy atom. The zero-order valence-corrected chi connectivity index (χ0v) is 11.9. The first-order valence-corrected chi connectivity index (χ1v) is 6.92. The molecule has 1 unspecified atom stereocenters. The lowest BCUT2D eigenvalue weighted by Gasteiger charge is -2.26. The Morgan fingerprint density at radius 2 is 2.05 bits per heavy atom. The van der Waals surface area contributed by atoms with Crippen LogP contribution in [0.1, 0.15) is 6.42 Å². The van der Waals surface area contributed by atoms with Crippen LogP contribution in [0.15, 0.2) is 30.3 Å². The van der Waals surface area contributed by atoms with E-state index in [1.807, 2.05) is 0 Å². The van der Waals surface area contributed by atoms with E-state index in [9.17, 15) is 14.4 Å². The number of nitrogens with zero attached hydrogens (tertiary/aromatic N) is 1. The smallest absolute Gasteiger partial charge is 0.329 e. The second kappa shape index (κ2) is 7.08. The Labute approximate surface area is 126 Å². The summed E-state index contributed by atoms with van der Waals surface area (Å²) in [6.07, 6.45) is 0.406. The number of alkyl halides is 1. The minimum Gasteiger partial charge on any atom is -0.464 e. The van der Waals surface area contributed by atoms with Crippen LogP contribution in [0.5, 0.6) is 0 Å². The van der Waals surface area contributed by atoms with E-state index in [1.54, 1.807) is 30.3 Å². The lowest BCUT2D eigenvalue weighted by Crippen LogP contribution is -2.45. The highest BCUT2D eigenvalue weighted by Gasteiger charge is 2.36. The van der Waals surface area contributed by atoms with Gasteiger partial charge in [-0.1, -0.05) is 18.2 Å². The van der Waals surface area contributed by atoms with Gasteiger partial charge in [0, 0.05) is 12.1 Å². The van der Waals surface area contributed by atoms with Gasteiger partial charge in [-0.2, -0.15) is 0 Å². The standard InChI is InChI=1S/C14H14ClNO5/c15-8-13(18)21-9-12(17)16(10-4-2-1-3-5-10)11-6-7-20-14(11)19/h1-5,11H,6-9H2. The number of hydrogen-bond acceptors (Lipinski definition) is 5. The fraction of sp³-hybridized carbons (Fsp3) is 0.357. The van der Waals surface area contributed by atoms with E-state index in [4.69, 9.17) is 21.1 Å². The van der Waals surface area contributed by atoms with Gasteiger partial charge in [-0.15, -0.1) is 11.6 Å². The summed E-state index contributed by atoms with van der Waals surface area (Å²) in [6, 6.07) is 8.00. The van der Waals surface area contributed by atoms with E-state index in [0.29, 0.717) is 12.1 Å². The van der Waals surface area contributed by atoms with E-state index in [-0.39, 0.29) is 12.5 Å². The molecule has 1 aliphatic rings. The van der Waals surface area contributed by atoms with Crippen molar-refractivity contribution in [3.63, 3.8) is 0 Å². The Balaban J connectivity index is 2.18. The van der Waals surface area contributed by atoms with Crippen LogP contribution < -0.4 is 4.90 Å². The third kappa shape index (κ3) is 3.72. The van der Waals surface area contributed by atoms with Crippen molar-refractivity contribution < 1.29 is 23.9 Å². The maximum Gasteiger partial charge on any atom is 0.329 e. The highest BCUT2D eigenvalue weighted by Crippen LogP contribution is 2.22. The van der Waals surface area contributed by atoms with Gasteiger partial charge >= 0.3 is 11.9 Å². The fourth-order valence-corrected chi connectivity index (χ4v) is 2.13. The molecular weight excluding hydrogens is 298 g/mol. The summed E-state index contributed by atoms with van der Waals surface area (Å²) in [6.45, 7) is -0.203. The molecule has 1 saturated heterocycles. The lowest BCUT2D eigenvalue weighted by molar-refractivity contribution is -0.146. The largest absolute Gasteiger partial charge is 0.464 e. The van der Waals surface area contributed by atoms with E-state index in [2.05, 4.69) is 0 Å². The average molecular weight is 312 g/mol. The zero-order chi connectivity index (χ0) is 15.2. The predicted octanol–water partition coefficient (Wildman–Crippen LogP) is 1.12. The monoisotopic (exact) mass is 311 g/mol. The molecule has 1 fully saturated rings. The number of cyclic esters (lactones) is 1. The fourth-order valence-electron chi connectivity index (χ4n) is 2.06. The molecule has 1 amide bonds. The van der Waals surface area contributed by atoms with Crippen molar-refractivity contribution in [2.45, 2.75) is 12.5 Å². The molecule has 112 valence electrons. The molecule has 2 rings (SSSR count). The third-order valence-electron chi connectivity index (χ3n) is 2.99. The van der Waals surface area contributed by atoms with Crippen LogP contribution in [0, 0.1) is 0 Å². The van der Waals surface area contributed by atoms with Crippen molar-refractivity contribution in [3.8, 4) is 0 Å². The van der Waals surface area contributed by atoms with Crippen LogP contribution in [0.3, 0.4) is 0 Å². The van der Waals surface area contributed by atoms with Crippen molar-refractivity contribution >= 4 is 35.1 Å². The number of hydrogen-bond donors (Lipinski definition) is 0. The number of benzene rings is 1. The Kier molecular flexibility index (Phi) is 5.16. The summed E-state index contributed by atoms with van der Waals surface area (Å²) in [5.41, 5.74) is 0.549. The number of amides is 1. The molecule has 21 heavy (non-hydrogen) atoms. The number of rotatable bonds is 5. The van der Waals surface area contributed by atoms with Gasteiger partial charge < -0.3 is 9.47 Å². The number of anilines is 1. The molecule has 0 spiro atoms. The molecule has 6 nitrogen and oxygen atoms in total. The molecule has 1 aromatic carbocycles. The number of esters is 2. The average Bonchev–Trinajstić information content (AvgIpc) is 2.92. The Hall–Kier alpha value is -2.08. The van der Waals surface area contributed by atoms with Crippen LogP contribution in [0.4, 0.5) is 5.69 Å². The van der Waals surface area contributed by atoms with Gasteiger partial charge in [-0.25, -0.2) is 4.79 Å². The van der Waals surface area contributed by atoms with Crippen LogP contribution in [-0.2, 0) is 23.9 Å². The van der Waals surface area contributed by atoms with Gasteiger partial charge in [0.1, 0.15) is 11.9 Å². The summed E-state index contributed by atoms with van der Waals surface area (Å²) < 4.78 is 9.64. The normalized spacial score (nSPS) is 17.2. The first-order valence-electron chi connectivity index (χ1n) is 6.39. The number of carbonyl (C=O) groups is 3. The van der Waals surface area contributed by atoms with Crippen molar-refractivity contribution in [2.75, 3.05) is 24.0 Å². The van der Waals surface area contributed by atoms with Crippen molar-refractivity contribution in [1.82, 2.24) is 0 Å². The van der Waals surface area contributed by atoms with Gasteiger partial charge in [-0.3, -0.25) is 14.5 Å². The minimum atomic E-state index is -0.699. The third-order valence-corrected chi connectivity index (χ3v) is 3.21. The van der Waals surface area contributed by atoms with E-state index < -0.39 is 30.5 Å². The van der Waals surface area contributed by atoms with Crippen LogP contribution in [0.2, 0.25) is 0 Å². The molecule has 0 saturated carbocycles. The SMILES string of the molecule is O=C(CCl)OCC(=O)N(c1ccccc1)C1CCOC1=O. The van der Waals surface area contributed by atoms with E-state index in [0.717, 1.165) is 0 Å². The lowest BCUT2D eigenvalue weighted by atomic mass is 10.1. The highest BCUT2D eigenvalue weighted by atomic mass is 35.5. The van der Waals surface area contributed by atoms with Gasteiger partial charge in [-0.05, 0) is 12.1 Å². The van der Waals surface area contributed by atoms with Gasteiger partial charge in [0.2, 0.25) is 0 Å². The Morgan fingerprint density at radius 3 is 2.62 bits per heavy atom. The molecule has 0 aliphatic carbocycles. The summed E-state index contributed by atoms with van der Waals surface area (Å²) in [4.78, 5) is 36.4. The molecule has 1 atom stereocenters. The molecular formula is C14H14ClNO5. The molecule has 0 radical (unpaired) electrons. The number of carbonyl (C=O) groups excluding carboxylic acids is 3. The van der Waals surface area contributed by atoms with E-state index >= 15 is 0 Å². The van der Waals surface area contributed by atoms with Gasteiger partial charge in [0.25, 0.3) is 5.91 Å². The second-order valence-corrected chi connectivity index (χ2v) is 4.63. The zero-order valence-electron chi connectivity index (χ0n) is 11.2. The number of halogens is 1. The highest BCUT2D eigenvalue weighted by molar-refractivity contribution is 6.26. The maximum absolute atomic E-state index is 12.3. The van der Waals surface area contributed by atoms with Crippen molar-refractivity contribution in [3.05, 3.63) is 30.3 Å². The van der Waals surface area contributed by atoms with Crippen LogP contribution >= 0.6 is 11.6 Å². The molecule has 1 aromatic rings. The summed E-state index contributed by atoms with van der Waals surface area (Å²) in [5.74, 6) is -1.98. The topological polar surface area (TPSA) is 72.9 Å².